The molecule has 124 valence electrons. The molecule has 0 aromatic heterocycles. The third-order valence-electron chi connectivity index (χ3n) is 3.82. The van der Waals surface area contributed by atoms with Crippen LogP contribution in [0.1, 0.15) is 18.1 Å². The van der Waals surface area contributed by atoms with Crippen molar-refractivity contribution in [1.82, 2.24) is 0 Å². The second-order valence-corrected chi connectivity index (χ2v) is 5.26. The smallest absolute Gasteiger partial charge is 0.256 e. The Bertz CT molecular complexity index is 811. The number of carbonyl (C=O) groups excluding carboxylic acids is 1. The summed E-state index contributed by atoms with van der Waals surface area (Å²) in [6.07, 6.45) is 1.81. The summed E-state index contributed by atoms with van der Waals surface area (Å²) in [6.45, 7) is 2.50. The van der Waals surface area contributed by atoms with Gasteiger partial charge in [-0.1, -0.05) is 0 Å². The van der Waals surface area contributed by atoms with E-state index in [0.29, 0.717) is 23.7 Å². The Hall–Kier alpha value is -2.95. The Kier molecular flexibility index (Phi) is 4.42. The standard InChI is InChI=1S/C19H19NO4/c1-4-24-14-5-7-15-16(19(21)20-17(15)11-14)10-12-9-13(22-2)6-8-18(12)23-3/h5-11H,4H2,1-3H3,(H,20,21). The summed E-state index contributed by atoms with van der Waals surface area (Å²) in [5, 5.41) is 2.87. The van der Waals surface area contributed by atoms with E-state index in [2.05, 4.69) is 5.32 Å². The summed E-state index contributed by atoms with van der Waals surface area (Å²) < 4.78 is 16.1. The third kappa shape index (κ3) is 2.93. The van der Waals surface area contributed by atoms with Gasteiger partial charge in [0, 0.05) is 22.8 Å². The maximum atomic E-state index is 12.4. The van der Waals surface area contributed by atoms with E-state index < -0.39 is 0 Å². The fraction of sp³-hybridized carbons (Fsp3) is 0.211. The first-order valence-corrected chi connectivity index (χ1v) is 7.68. The van der Waals surface area contributed by atoms with E-state index in [1.807, 2.05) is 49.4 Å². The minimum absolute atomic E-state index is 0.150. The van der Waals surface area contributed by atoms with Crippen LogP contribution in [0, 0.1) is 0 Å². The van der Waals surface area contributed by atoms with E-state index in [1.165, 1.54) is 0 Å². The first-order chi connectivity index (χ1) is 11.7. The van der Waals surface area contributed by atoms with Crippen molar-refractivity contribution in [3.8, 4) is 17.2 Å². The molecule has 5 nitrogen and oxygen atoms in total. The van der Waals surface area contributed by atoms with Crippen molar-refractivity contribution in [3.05, 3.63) is 47.5 Å². The molecule has 0 saturated heterocycles. The number of hydrogen-bond acceptors (Lipinski definition) is 4. The first kappa shape index (κ1) is 15.9. The van der Waals surface area contributed by atoms with Crippen molar-refractivity contribution < 1.29 is 19.0 Å². The van der Waals surface area contributed by atoms with Crippen molar-refractivity contribution >= 4 is 23.2 Å². The number of hydrogen-bond donors (Lipinski definition) is 1. The van der Waals surface area contributed by atoms with Gasteiger partial charge in [-0.25, -0.2) is 0 Å². The second-order valence-electron chi connectivity index (χ2n) is 5.26. The fourth-order valence-electron chi connectivity index (χ4n) is 2.68. The van der Waals surface area contributed by atoms with E-state index in [9.17, 15) is 4.79 Å². The molecule has 2 aromatic rings. The van der Waals surface area contributed by atoms with Crippen LogP contribution in [0.2, 0.25) is 0 Å². The van der Waals surface area contributed by atoms with Crippen molar-refractivity contribution in [2.45, 2.75) is 6.92 Å². The zero-order valence-electron chi connectivity index (χ0n) is 13.9. The number of amides is 1. The zero-order valence-corrected chi connectivity index (χ0v) is 13.9. The molecule has 0 spiro atoms. The molecule has 0 bridgehead atoms. The highest BCUT2D eigenvalue weighted by atomic mass is 16.5. The first-order valence-electron chi connectivity index (χ1n) is 7.68. The molecule has 0 aliphatic carbocycles. The molecule has 0 atom stereocenters. The summed E-state index contributed by atoms with van der Waals surface area (Å²) in [5.41, 5.74) is 2.95. The largest absolute Gasteiger partial charge is 0.497 e. The van der Waals surface area contributed by atoms with Crippen molar-refractivity contribution in [2.75, 3.05) is 26.1 Å². The van der Waals surface area contributed by atoms with Crippen LogP contribution < -0.4 is 19.5 Å². The van der Waals surface area contributed by atoms with Gasteiger partial charge in [-0.15, -0.1) is 0 Å². The minimum atomic E-state index is -0.150. The predicted molar refractivity (Wildman–Crippen MR) is 93.7 cm³/mol. The number of carbonyl (C=O) groups is 1. The lowest BCUT2D eigenvalue weighted by Gasteiger charge is -2.08. The summed E-state index contributed by atoms with van der Waals surface area (Å²) in [7, 11) is 3.20. The van der Waals surface area contributed by atoms with E-state index in [0.717, 1.165) is 22.6 Å². The molecule has 1 aliphatic heterocycles. The number of benzene rings is 2. The van der Waals surface area contributed by atoms with Gasteiger partial charge in [0.05, 0.1) is 26.5 Å². The number of fused-ring (bicyclic) bond motifs is 1. The predicted octanol–water partition coefficient (Wildman–Crippen LogP) is 3.60. The summed E-state index contributed by atoms with van der Waals surface area (Å²) in [6, 6.07) is 11.1. The van der Waals surface area contributed by atoms with Crippen molar-refractivity contribution in [1.29, 1.82) is 0 Å². The highest BCUT2D eigenvalue weighted by Crippen LogP contribution is 2.37. The number of anilines is 1. The molecule has 3 rings (SSSR count). The van der Waals surface area contributed by atoms with E-state index in [-0.39, 0.29) is 5.91 Å². The molecule has 1 N–H and O–H groups in total. The van der Waals surface area contributed by atoms with Gasteiger partial charge >= 0.3 is 0 Å². The lowest BCUT2D eigenvalue weighted by atomic mass is 10.0. The molecule has 0 saturated carbocycles. The van der Waals surface area contributed by atoms with Crippen molar-refractivity contribution in [3.63, 3.8) is 0 Å². The van der Waals surface area contributed by atoms with Crippen LogP contribution in [-0.4, -0.2) is 26.7 Å². The molecule has 1 heterocycles. The van der Waals surface area contributed by atoms with Crippen LogP contribution in [0.4, 0.5) is 5.69 Å². The van der Waals surface area contributed by atoms with Gasteiger partial charge in [0.1, 0.15) is 17.2 Å². The minimum Gasteiger partial charge on any atom is -0.497 e. The monoisotopic (exact) mass is 325 g/mol. The van der Waals surface area contributed by atoms with Gasteiger partial charge in [-0.2, -0.15) is 0 Å². The molecule has 5 heteroatoms. The molecule has 24 heavy (non-hydrogen) atoms. The summed E-state index contributed by atoms with van der Waals surface area (Å²) in [4.78, 5) is 12.4. The quantitative estimate of drug-likeness (QED) is 0.854. The SMILES string of the molecule is CCOc1ccc2c(c1)NC(=O)C2=Cc1cc(OC)ccc1OC. The zero-order chi connectivity index (χ0) is 17.1. The van der Waals surface area contributed by atoms with Crippen LogP contribution >= 0.6 is 0 Å². The van der Waals surface area contributed by atoms with Gasteiger partial charge in [-0.3, -0.25) is 4.79 Å². The van der Waals surface area contributed by atoms with Crippen LogP contribution in [-0.2, 0) is 4.79 Å². The van der Waals surface area contributed by atoms with Gasteiger partial charge in [0.15, 0.2) is 0 Å². The molecule has 1 amide bonds. The Morgan fingerprint density at radius 1 is 1.04 bits per heavy atom. The Morgan fingerprint density at radius 3 is 2.54 bits per heavy atom. The van der Waals surface area contributed by atoms with Gasteiger partial charge < -0.3 is 19.5 Å². The van der Waals surface area contributed by atoms with Gasteiger partial charge in [0.2, 0.25) is 0 Å². The van der Waals surface area contributed by atoms with Crippen LogP contribution in [0.3, 0.4) is 0 Å². The molecular weight excluding hydrogens is 306 g/mol. The van der Waals surface area contributed by atoms with E-state index in [1.54, 1.807) is 14.2 Å². The van der Waals surface area contributed by atoms with Crippen LogP contribution in [0.5, 0.6) is 17.2 Å². The van der Waals surface area contributed by atoms with Crippen LogP contribution in [0.15, 0.2) is 36.4 Å². The second kappa shape index (κ2) is 6.66. The third-order valence-corrected chi connectivity index (χ3v) is 3.82. The van der Waals surface area contributed by atoms with Crippen LogP contribution in [0.25, 0.3) is 11.6 Å². The lowest BCUT2D eigenvalue weighted by molar-refractivity contribution is -0.110. The molecule has 0 radical (unpaired) electrons. The Labute approximate surface area is 140 Å². The molecule has 0 fully saturated rings. The number of methoxy groups -OCH3 is 2. The summed E-state index contributed by atoms with van der Waals surface area (Å²) in [5.74, 6) is 1.96. The average Bonchev–Trinajstić information content (AvgIpc) is 2.90. The average molecular weight is 325 g/mol. The number of ether oxygens (including phenoxy) is 3. The maximum absolute atomic E-state index is 12.4. The Morgan fingerprint density at radius 2 is 1.83 bits per heavy atom. The normalized spacial score (nSPS) is 14.3. The summed E-state index contributed by atoms with van der Waals surface area (Å²) >= 11 is 0. The van der Waals surface area contributed by atoms with E-state index in [4.69, 9.17) is 14.2 Å². The molecular formula is C19H19NO4. The van der Waals surface area contributed by atoms with Gasteiger partial charge in [-0.05, 0) is 43.3 Å². The molecule has 2 aromatic carbocycles. The lowest BCUT2D eigenvalue weighted by Crippen LogP contribution is -2.03. The number of rotatable bonds is 5. The number of nitrogens with one attached hydrogen (secondary N) is 1. The fourth-order valence-corrected chi connectivity index (χ4v) is 2.68. The highest BCUT2D eigenvalue weighted by Gasteiger charge is 2.25. The Balaban J connectivity index is 2.05. The highest BCUT2D eigenvalue weighted by molar-refractivity contribution is 6.35. The van der Waals surface area contributed by atoms with E-state index >= 15 is 0 Å². The van der Waals surface area contributed by atoms with Gasteiger partial charge in [0.25, 0.3) is 5.91 Å². The molecule has 0 unspecified atom stereocenters. The maximum Gasteiger partial charge on any atom is 0.256 e. The van der Waals surface area contributed by atoms with Crippen molar-refractivity contribution in [2.24, 2.45) is 0 Å². The topological polar surface area (TPSA) is 56.8 Å². The molecule has 1 aliphatic rings.